The number of rotatable bonds is 6. The zero-order chi connectivity index (χ0) is 11.8. The topological polar surface area (TPSA) is 26.3 Å². The van der Waals surface area contributed by atoms with Crippen LogP contribution < -0.4 is 0 Å². The number of ether oxygens (including phenoxy) is 1. The summed E-state index contributed by atoms with van der Waals surface area (Å²) in [5.74, 6) is -0.170. The van der Waals surface area contributed by atoms with E-state index in [4.69, 9.17) is 4.74 Å². The van der Waals surface area contributed by atoms with Gasteiger partial charge in [0.25, 0.3) is 0 Å². The molecule has 0 aliphatic carbocycles. The number of allylic oxidation sites excluding steroid dienone is 1. The molecule has 1 aromatic carbocycles. The third-order valence-electron chi connectivity index (χ3n) is 1.95. The first kappa shape index (κ1) is 12.8. The van der Waals surface area contributed by atoms with Gasteiger partial charge < -0.3 is 4.74 Å². The van der Waals surface area contributed by atoms with Crippen molar-refractivity contribution in [3.05, 3.63) is 43.0 Å². The summed E-state index contributed by atoms with van der Waals surface area (Å²) in [6.45, 7) is 5.90. The van der Waals surface area contributed by atoms with Crippen molar-refractivity contribution in [3.63, 3.8) is 0 Å². The maximum atomic E-state index is 11.6. The van der Waals surface area contributed by atoms with Crippen molar-refractivity contribution in [2.24, 2.45) is 0 Å². The molecule has 86 valence electrons. The lowest BCUT2D eigenvalue weighted by Gasteiger charge is -2.13. The van der Waals surface area contributed by atoms with Crippen LogP contribution in [0.25, 0.3) is 0 Å². The summed E-state index contributed by atoms with van der Waals surface area (Å²) in [6, 6.07) is 9.84. The Morgan fingerprint density at radius 1 is 1.50 bits per heavy atom. The van der Waals surface area contributed by atoms with Gasteiger partial charge in [0.05, 0.1) is 6.61 Å². The number of thioether (sulfide) groups is 1. The quantitative estimate of drug-likeness (QED) is 0.431. The molecule has 0 bridgehead atoms. The Bertz CT molecular complexity index is 335. The molecule has 1 aromatic rings. The molecule has 0 aliphatic heterocycles. The highest BCUT2D eigenvalue weighted by Gasteiger charge is 2.19. The summed E-state index contributed by atoms with van der Waals surface area (Å²) < 4.78 is 5.02. The van der Waals surface area contributed by atoms with Crippen molar-refractivity contribution in [1.82, 2.24) is 0 Å². The van der Waals surface area contributed by atoms with Crippen LogP contribution in [-0.4, -0.2) is 17.8 Å². The Balaban J connectivity index is 2.64. The predicted molar refractivity (Wildman–Crippen MR) is 67.5 cm³/mol. The van der Waals surface area contributed by atoms with Gasteiger partial charge in [-0.2, -0.15) is 0 Å². The molecule has 3 heteroatoms. The van der Waals surface area contributed by atoms with Crippen LogP contribution in [0, 0.1) is 0 Å². The van der Waals surface area contributed by atoms with E-state index in [0.717, 1.165) is 4.90 Å². The Morgan fingerprint density at radius 2 is 2.19 bits per heavy atom. The van der Waals surface area contributed by atoms with E-state index in [-0.39, 0.29) is 11.2 Å². The van der Waals surface area contributed by atoms with Gasteiger partial charge in [-0.1, -0.05) is 24.3 Å². The van der Waals surface area contributed by atoms with Crippen molar-refractivity contribution < 1.29 is 9.53 Å². The van der Waals surface area contributed by atoms with E-state index < -0.39 is 0 Å². The summed E-state index contributed by atoms with van der Waals surface area (Å²) in [5.41, 5.74) is 0. The number of esters is 1. The van der Waals surface area contributed by atoms with Gasteiger partial charge in [0.1, 0.15) is 5.25 Å². The lowest BCUT2D eigenvalue weighted by Crippen LogP contribution is -2.19. The molecule has 0 saturated carbocycles. The van der Waals surface area contributed by atoms with Gasteiger partial charge >= 0.3 is 5.97 Å². The molecule has 0 amide bonds. The molecule has 16 heavy (non-hydrogen) atoms. The highest BCUT2D eigenvalue weighted by molar-refractivity contribution is 8.00. The van der Waals surface area contributed by atoms with E-state index in [1.54, 1.807) is 6.08 Å². The summed E-state index contributed by atoms with van der Waals surface area (Å²) in [4.78, 5) is 12.7. The maximum absolute atomic E-state index is 11.6. The smallest absolute Gasteiger partial charge is 0.319 e. The third-order valence-corrected chi connectivity index (χ3v) is 3.17. The Kier molecular flexibility index (Phi) is 5.72. The molecular formula is C13H16O2S. The van der Waals surface area contributed by atoms with Crippen LogP contribution in [0.2, 0.25) is 0 Å². The van der Waals surface area contributed by atoms with Crippen molar-refractivity contribution >= 4 is 17.7 Å². The molecule has 0 N–H and O–H groups in total. The zero-order valence-corrected chi connectivity index (χ0v) is 10.2. The normalized spacial score (nSPS) is 11.8. The third kappa shape index (κ3) is 4.11. The van der Waals surface area contributed by atoms with Crippen LogP contribution in [0.3, 0.4) is 0 Å². The van der Waals surface area contributed by atoms with Crippen molar-refractivity contribution in [3.8, 4) is 0 Å². The van der Waals surface area contributed by atoms with Crippen LogP contribution in [0.5, 0.6) is 0 Å². The fourth-order valence-corrected chi connectivity index (χ4v) is 2.28. The standard InChI is InChI=1S/C13H16O2S/c1-3-8-12(13(14)15-4-2)16-11-9-6-5-7-10-11/h3,5-7,9-10,12H,1,4,8H2,2H3. The summed E-state index contributed by atoms with van der Waals surface area (Å²) in [5, 5.41) is -0.195. The van der Waals surface area contributed by atoms with Gasteiger partial charge in [-0.25, -0.2) is 0 Å². The first-order chi connectivity index (χ1) is 7.77. The molecule has 1 unspecified atom stereocenters. The Morgan fingerprint density at radius 3 is 2.75 bits per heavy atom. The molecule has 0 aliphatic rings. The maximum Gasteiger partial charge on any atom is 0.319 e. The number of hydrogen-bond donors (Lipinski definition) is 0. The van der Waals surface area contributed by atoms with Gasteiger partial charge in [-0.05, 0) is 25.5 Å². The van der Waals surface area contributed by atoms with Gasteiger partial charge in [0.2, 0.25) is 0 Å². The summed E-state index contributed by atoms with van der Waals surface area (Å²) in [6.07, 6.45) is 2.37. The van der Waals surface area contributed by atoms with Crippen LogP contribution in [0.1, 0.15) is 13.3 Å². The van der Waals surface area contributed by atoms with E-state index >= 15 is 0 Å². The van der Waals surface area contributed by atoms with Crippen LogP contribution in [-0.2, 0) is 9.53 Å². The van der Waals surface area contributed by atoms with Crippen LogP contribution in [0.4, 0.5) is 0 Å². The first-order valence-electron chi connectivity index (χ1n) is 5.27. The average Bonchev–Trinajstić information content (AvgIpc) is 2.30. The second kappa shape index (κ2) is 7.12. The lowest BCUT2D eigenvalue weighted by molar-refractivity contribution is -0.142. The zero-order valence-electron chi connectivity index (χ0n) is 9.39. The summed E-state index contributed by atoms with van der Waals surface area (Å²) in [7, 11) is 0. The van der Waals surface area contributed by atoms with Crippen molar-refractivity contribution in [2.45, 2.75) is 23.5 Å². The fourth-order valence-electron chi connectivity index (χ4n) is 1.24. The predicted octanol–water partition coefficient (Wildman–Crippen LogP) is 3.29. The second-order valence-corrected chi connectivity index (χ2v) is 4.47. The molecule has 0 aromatic heterocycles. The number of carbonyl (C=O) groups excluding carboxylic acids is 1. The SMILES string of the molecule is C=CCC(Sc1ccccc1)C(=O)OCC. The number of hydrogen-bond acceptors (Lipinski definition) is 3. The Labute approximate surface area is 101 Å². The van der Waals surface area contributed by atoms with E-state index in [1.165, 1.54) is 11.8 Å². The average molecular weight is 236 g/mol. The van der Waals surface area contributed by atoms with Crippen LogP contribution >= 0.6 is 11.8 Å². The largest absolute Gasteiger partial charge is 0.465 e. The van der Waals surface area contributed by atoms with Gasteiger partial charge in [0, 0.05) is 4.90 Å². The van der Waals surface area contributed by atoms with Gasteiger partial charge in [0.15, 0.2) is 0 Å². The molecule has 0 radical (unpaired) electrons. The number of benzene rings is 1. The molecule has 0 saturated heterocycles. The van der Waals surface area contributed by atoms with E-state index in [1.807, 2.05) is 37.3 Å². The molecule has 0 heterocycles. The van der Waals surface area contributed by atoms with Gasteiger partial charge in [-0.3, -0.25) is 4.79 Å². The first-order valence-corrected chi connectivity index (χ1v) is 6.15. The molecule has 1 atom stereocenters. The summed E-state index contributed by atoms with van der Waals surface area (Å²) >= 11 is 1.52. The van der Waals surface area contributed by atoms with E-state index in [9.17, 15) is 4.79 Å². The molecule has 1 rings (SSSR count). The molecule has 2 nitrogen and oxygen atoms in total. The van der Waals surface area contributed by atoms with E-state index in [2.05, 4.69) is 6.58 Å². The van der Waals surface area contributed by atoms with E-state index in [0.29, 0.717) is 13.0 Å². The minimum absolute atomic E-state index is 0.170. The minimum Gasteiger partial charge on any atom is -0.465 e. The van der Waals surface area contributed by atoms with Gasteiger partial charge in [-0.15, -0.1) is 18.3 Å². The highest BCUT2D eigenvalue weighted by atomic mass is 32.2. The molecular weight excluding hydrogens is 220 g/mol. The number of carbonyl (C=O) groups is 1. The minimum atomic E-state index is -0.195. The molecule has 0 spiro atoms. The monoisotopic (exact) mass is 236 g/mol. The Hall–Kier alpha value is -1.22. The van der Waals surface area contributed by atoms with Crippen molar-refractivity contribution in [1.29, 1.82) is 0 Å². The van der Waals surface area contributed by atoms with Crippen molar-refractivity contribution in [2.75, 3.05) is 6.61 Å². The second-order valence-electron chi connectivity index (χ2n) is 3.20. The fraction of sp³-hybridized carbons (Fsp3) is 0.308. The lowest BCUT2D eigenvalue weighted by atomic mass is 10.3. The van der Waals surface area contributed by atoms with Crippen LogP contribution in [0.15, 0.2) is 47.9 Å². The molecule has 0 fully saturated rings. The highest BCUT2D eigenvalue weighted by Crippen LogP contribution is 2.26.